The lowest BCUT2D eigenvalue weighted by atomic mass is 9.90. The average Bonchev–Trinajstić information content (AvgIpc) is 3.34. The Balaban J connectivity index is 1.61. The molecule has 3 aromatic rings. The van der Waals surface area contributed by atoms with Gasteiger partial charge in [-0.1, -0.05) is 30.9 Å². The zero-order valence-electron chi connectivity index (χ0n) is 22.8. The van der Waals surface area contributed by atoms with Crippen molar-refractivity contribution in [1.29, 1.82) is 0 Å². The van der Waals surface area contributed by atoms with Crippen LogP contribution in [0, 0.1) is 11.8 Å². The van der Waals surface area contributed by atoms with Gasteiger partial charge in [0.15, 0.2) is 0 Å². The Morgan fingerprint density at radius 1 is 1.03 bits per heavy atom. The lowest BCUT2D eigenvalue weighted by Crippen LogP contribution is -2.39. The summed E-state index contributed by atoms with van der Waals surface area (Å²) in [5.74, 6) is 8.40. The largest absolute Gasteiger partial charge is 0.497 e. The fourth-order valence-corrected chi connectivity index (χ4v) is 5.63. The van der Waals surface area contributed by atoms with Gasteiger partial charge in [0.05, 0.1) is 31.2 Å². The van der Waals surface area contributed by atoms with Gasteiger partial charge in [-0.25, -0.2) is 4.98 Å². The number of amides is 1. The molecule has 1 fully saturated rings. The molecule has 5 rings (SSSR count). The number of fused-ring (bicyclic) bond motifs is 3. The Labute approximate surface area is 230 Å². The highest BCUT2D eigenvalue weighted by Crippen LogP contribution is 2.35. The second-order valence-corrected chi connectivity index (χ2v) is 10.4. The number of carbonyl (C=O) groups excluding carboxylic acids is 1. The molecule has 0 radical (unpaired) electrons. The van der Waals surface area contributed by atoms with Gasteiger partial charge in [0.1, 0.15) is 23.0 Å². The first-order valence-electron chi connectivity index (χ1n) is 13.9. The monoisotopic (exact) mass is 527 g/mol. The smallest absolute Gasteiger partial charge is 0.220 e. The van der Waals surface area contributed by atoms with E-state index in [0.29, 0.717) is 29.4 Å². The number of nitrogens with zero attached hydrogens (tertiary/aromatic N) is 3. The van der Waals surface area contributed by atoms with Gasteiger partial charge in [0, 0.05) is 35.9 Å². The van der Waals surface area contributed by atoms with Crippen LogP contribution in [0.15, 0.2) is 30.5 Å². The van der Waals surface area contributed by atoms with Gasteiger partial charge in [0.2, 0.25) is 5.91 Å². The minimum Gasteiger partial charge on any atom is -0.497 e. The summed E-state index contributed by atoms with van der Waals surface area (Å²) < 4.78 is 12.9. The molecule has 204 valence electrons. The number of allylic oxidation sites excluding steroid dienone is 1. The van der Waals surface area contributed by atoms with Crippen LogP contribution < -0.4 is 20.5 Å². The van der Waals surface area contributed by atoms with Crippen LogP contribution in [-0.4, -0.2) is 40.9 Å². The molecule has 39 heavy (non-hydrogen) atoms. The van der Waals surface area contributed by atoms with Gasteiger partial charge in [0.25, 0.3) is 0 Å². The first-order valence-corrected chi connectivity index (χ1v) is 13.9. The molecule has 1 amide bonds. The topological polar surface area (TPSA) is 104 Å². The Morgan fingerprint density at radius 3 is 2.62 bits per heavy atom. The van der Waals surface area contributed by atoms with Crippen molar-refractivity contribution in [2.45, 2.75) is 76.3 Å². The summed E-state index contributed by atoms with van der Waals surface area (Å²) in [5, 5.41) is 9.10. The molecule has 1 saturated carbocycles. The predicted molar refractivity (Wildman–Crippen MR) is 154 cm³/mol. The van der Waals surface area contributed by atoms with E-state index in [1.165, 1.54) is 0 Å². The van der Waals surface area contributed by atoms with E-state index in [1.807, 2.05) is 24.4 Å². The number of pyridine rings is 1. The van der Waals surface area contributed by atoms with E-state index in [4.69, 9.17) is 20.3 Å². The molecule has 1 aliphatic carbocycles. The Bertz CT molecular complexity index is 1410. The number of rotatable bonds is 2. The van der Waals surface area contributed by atoms with E-state index in [2.05, 4.69) is 39.0 Å². The van der Waals surface area contributed by atoms with Crippen molar-refractivity contribution in [3.63, 3.8) is 0 Å². The van der Waals surface area contributed by atoms with Crippen molar-refractivity contribution in [1.82, 2.24) is 20.1 Å². The minimum atomic E-state index is 0.126. The molecular formula is C31H37N5O3. The number of ether oxygens (including phenoxy) is 2. The zero-order valence-corrected chi connectivity index (χ0v) is 22.8. The van der Waals surface area contributed by atoms with E-state index in [1.54, 1.807) is 14.2 Å². The second kappa shape index (κ2) is 12.2. The molecule has 2 aromatic heterocycles. The van der Waals surface area contributed by atoms with Gasteiger partial charge in [-0.3, -0.25) is 9.48 Å². The number of carbonyl (C=O) groups is 1. The highest BCUT2D eigenvalue weighted by Gasteiger charge is 2.28. The summed E-state index contributed by atoms with van der Waals surface area (Å²) in [4.78, 5) is 17.1. The molecule has 8 nitrogen and oxygen atoms in total. The quantitative estimate of drug-likeness (QED) is 0.433. The van der Waals surface area contributed by atoms with Crippen LogP contribution in [-0.2, 0) is 4.79 Å². The van der Waals surface area contributed by atoms with Crippen LogP contribution in [0.1, 0.15) is 87.1 Å². The number of benzene rings is 1. The van der Waals surface area contributed by atoms with Crippen LogP contribution in [0.4, 0.5) is 5.82 Å². The van der Waals surface area contributed by atoms with E-state index < -0.39 is 0 Å². The number of nitrogens with two attached hydrogens (primary N) is 1. The SMILES string of the molecule is COc1cc(C#Cc2nn3c4c(cnc(N)c24)/C=C/CCCCCCC(=O)N[C@@H]2CCC[C@@H]3C2)cc(OC)c1. The molecule has 0 saturated heterocycles. The number of methoxy groups -OCH3 is 2. The van der Waals surface area contributed by atoms with Gasteiger partial charge in [-0.05, 0) is 63.0 Å². The van der Waals surface area contributed by atoms with Crippen molar-refractivity contribution in [3.05, 3.63) is 47.3 Å². The molecule has 2 bridgehead atoms. The maximum Gasteiger partial charge on any atom is 0.220 e. The van der Waals surface area contributed by atoms with Crippen molar-refractivity contribution in [3.8, 4) is 23.3 Å². The van der Waals surface area contributed by atoms with Gasteiger partial charge < -0.3 is 20.5 Å². The molecule has 0 unspecified atom stereocenters. The highest BCUT2D eigenvalue weighted by molar-refractivity contribution is 5.98. The van der Waals surface area contributed by atoms with Crippen LogP contribution in [0.5, 0.6) is 11.5 Å². The third-order valence-corrected chi connectivity index (χ3v) is 7.64. The van der Waals surface area contributed by atoms with Crippen LogP contribution in [0.2, 0.25) is 0 Å². The Morgan fingerprint density at radius 2 is 1.82 bits per heavy atom. The van der Waals surface area contributed by atoms with Crippen molar-refractivity contribution in [2.75, 3.05) is 20.0 Å². The van der Waals surface area contributed by atoms with Crippen LogP contribution in [0.25, 0.3) is 17.0 Å². The van der Waals surface area contributed by atoms with Crippen molar-refractivity contribution < 1.29 is 14.3 Å². The number of nitrogen functional groups attached to an aromatic ring is 1. The maximum absolute atomic E-state index is 12.6. The van der Waals surface area contributed by atoms with Gasteiger partial charge >= 0.3 is 0 Å². The van der Waals surface area contributed by atoms with Crippen molar-refractivity contribution >= 4 is 28.7 Å². The Hall–Kier alpha value is -3.99. The Kier molecular flexibility index (Phi) is 8.36. The normalized spacial score (nSPS) is 20.9. The van der Waals surface area contributed by atoms with E-state index in [0.717, 1.165) is 79.8 Å². The lowest BCUT2D eigenvalue weighted by molar-refractivity contribution is -0.122. The van der Waals surface area contributed by atoms with Gasteiger partial charge in [-0.15, -0.1) is 0 Å². The van der Waals surface area contributed by atoms with E-state index in [-0.39, 0.29) is 18.0 Å². The summed E-state index contributed by atoms with van der Waals surface area (Å²) in [6, 6.07) is 5.81. The number of nitrogens with one attached hydrogen (secondary N) is 1. The lowest BCUT2D eigenvalue weighted by Gasteiger charge is -2.30. The summed E-state index contributed by atoms with van der Waals surface area (Å²) in [5.41, 5.74) is 9.76. The molecule has 1 aliphatic heterocycles. The average molecular weight is 528 g/mol. The molecule has 8 heteroatoms. The predicted octanol–water partition coefficient (Wildman–Crippen LogP) is 5.40. The highest BCUT2D eigenvalue weighted by atomic mass is 16.5. The molecular weight excluding hydrogens is 490 g/mol. The first kappa shape index (κ1) is 26.6. The van der Waals surface area contributed by atoms with Crippen molar-refractivity contribution in [2.24, 2.45) is 0 Å². The number of aromatic nitrogens is 3. The number of hydrogen-bond acceptors (Lipinski definition) is 6. The first-order chi connectivity index (χ1) is 19.1. The summed E-state index contributed by atoms with van der Waals surface area (Å²) in [7, 11) is 3.24. The maximum atomic E-state index is 12.6. The summed E-state index contributed by atoms with van der Waals surface area (Å²) in [6.45, 7) is 0. The molecule has 1 aromatic carbocycles. The molecule has 2 aliphatic rings. The van der Waals surface area contributed by atoms with Gasteiger partial charge in [-0.2, -0.15) is 5.10 Å². The van der Waals surface area contributed by atoms with E-state index in [9.17, 15) is 4.79 Å². The molecule has 0 spiro atoms. The fraction of sp³-hybridized carbons (Fsp3) is 0.452. The minimum absolute atomic E-state index is 0.126. The van der Waals surface area contributed by atoms with E-state index >= 15 is 0 Å². The second-order valence-electron chi connectivity index (χ2n) is 10.4. The number of anilines is 1. The zero-order chi connectivity index (χ0) is 27.2. The molecule has 3 N–H and O–H groups in total. The van der Waals surface area contributed by atoms with Crippen LogP contribution in [0.3, 0.4) is 0 Å². The third kappa shape index (κ3) is 6.19. The molecule has 3 heterocycles. The molecule has 2 atom stereocenters. The fourth-order valence-electron chi connectivity index (χ4n) is 5.63. The standard InChI is InChI=1S/C31H37N5O3/c1-38-25-16-21(17-26(19-25)39-2)14-15-27-29-30-22(20-33-31(29)32)10-7-5-3-4-6-8-13-28(37)34-23-11-9-12-24(18-23)36(30)35-27/h7,10,16-17,19-20,23-24H,3-6,8-9,11-13,18H2,1-2H3,(H2,32,33)(H,34,37)/b10-7+/t23-,24-/m1/s1. The summed E-state index contributed by atoms with van der Waals surface area (Å²) >= 11 is 0. The summed E-state index contributed by atoms with van der Waals surface area (Å²) in [6.07, 6.45) is 15.8. The van der Waals surface area contributed by atoms with Crippen LogP contribution >= 0.6 is 0 Å². The number of hydrogen-bond donors (Lipinski definition) is 2. The third-order valence-electron chi connectivity index (χ3n) is 7.64.